The molecule has 0 bridgehead atoms. The molecule has 16 heavy (non-hydrogen) atoms. The van der Waals surface area contributed by atoms with Gasteiger partial charge in [0.25, 0.3) is 0 Å². The largest absolute Gasteiger partial charge is 0.326 e. The Bertz CT molecular complexity index is 483. The summed E-state index contributed by atoms with van der Waals surface area (Å²) in [5, 5.41) is -0.497. The van der Waals surface area contributed by atoms with Gasteiger partial charge in [-0.2, -0.15) is 0 Å². The molecule has 2 N–H and O–H groups in total. The van der Waals surface area contributed by atoms with E-state index in [2.05, 4.69) is 0 Å². The van der Waals surface area contributed by atoms with Crippen molar-refractivity contribution >= 4 is 9.84 Å². The number of nitrogens with two attached hydrogens (primary N) is 1. The third kappa shape index (κ3) is 1.85. The third-order valence-electron chi connectivity index (χ3n) is 3.08. The SMILES string of the molecule is CCS(=O)(=O)[C@H]1[C@H](N)[C@@H]1c1ccc(F)cc1. The lowest BCUT2D eigenvalue weighted by atomic mass is 10.1. The highest BCUT2D eigenvalue weighted by Crippen LogP contribution is 2.44. The predicted octanol–water partition coefficient (Wildman–Crippen LogP) is 1.05. The van der Waals surface area contributed by atoms with Crippen LogP contribution in [0.5, 0.6) is 0 Å². The Balaban J connectivity index is 2.24. The fraction of sp³-hybridized carbons (Fsp3) is 0.455. The Morgan fingerprint density at radius 3 is 2.38 bits per heavy atom. The molecule has 88 valence electrons. The van der Waals surface area contributed by atoms with Crippen LogP contribution in [0.3, 0.4) is 0 Å². The van der Waals surface area contributed by atoms with Crippen LogP contribution in [0.4, 0.5) is 4.39 Å². The fourth-order valence-electron chi connectivity index (χ4n) is 2.06. The molecule has 0 aliphatic heterocycles. The highest BCUT2D eigenvalue weighted by Gasteiger charge is 2.55. The number of benzene rings is 1. The van der Waals surface area contributed by atoms with Gasteiger partial charge in [0.1, 0.15) is 5.82 Å². The van der Waals surface area contributed by atoms with Gasteiger partial charge in [0.15, 0.2) is 9.84 Å². The van der Waals surface area contributed by atoms with Gasteiger partial charge in [0, 0.05) is 17.7 Å². The molecule has 3 nitrogen and oxygen atoms in total. The van der Waals surface area contributed by atoms with E-state index in [0.717, 1.165) is 5.56 Å². The number of sulfone groups is 1. The van der Waals surface area contributed by atoms with Crippen molar-refractivity contribution in [2.24, 2.45) is 5.73 Å². The van der Waals surface area contributed by atoms with Gasteiger partial charge in [-0.1, -0.05) is 19.1 Å². The normalized spacial score (nSPS) is 29.1. The molecule has 0 radical (unpaired) electrons. The molecule has 1 fully saturated rings. The molecule has 2 rings (SSSR count). The van der Waals surface area contributed by atoms with Crippen LogP contribution in [-0.4, -0.2) is 25.5 Å². The molecule has 1 aliphatic carbocycles. The zero-order chi connectivity index (χ0) is 11.9. The second-order valence-corrected chi connectivity index (χ2v) is 6.52. The van der Waals surface area contributed by atoms with Crippen molar-refractivity contribution in [1.82, 2.24) is 0 Å². The summed E-state index contributed by atoms with van der Waals surface area (Å²) in [6.45, 7) is 1.61. The first-order valence-corrected chi connectivity index (χ1v) is 6.91. The highest BCUT2D eigenvalue weighted by atomic mass is 32.2. The van der Waals surface area contributed by atoms with E-state index in [1.54, 1.807) is 19.1 Å². The smallest absolute Gasteiger partial charge is 0.155 e. The Morgan fingerprint density at radius 1 is 1.31 bits per heavy atom. The minimum Gasteiger partial charge on any atom is -0.326 e. The van der Waals surface area contributed by atoms with Gasteiger partial charge in [-0.3, -0.25) is 0 Å². The number of hydrogen-bond donors (Lipinski definition) is 1. The van der Waals surface area contributed by atoms with E-state index >= 15 is 0 Å². The first kappa shape index (κ1) is 11.5. The quantitative estimate of drug-likeness (QED) is 0.863. The van der Waals surface area contributed by atoms with Crippen LogP contribution in [0.1, 0.15) is 18.4 Å². The van der Waals surface area contributed by atoms with Crippen molar-refractivity contribution in [1.29, 1.82) is 0 Å². The Labute approximate surface area is 94.4 Å². The average Bonchev–Trinajstić information content (AvgIpc) is 2.92. The first-order valence-electron chi connectivity index (χ1n) is 5.20. The number of rotatable bonds is 3. The standard InChI is InChI=1S/C11H14FNO2S/c1-2-16(14,15)11-9(10(11)13)7-3-5-8(12)6-4-7/h3-6,9-11H,2,13H2,1H3/t9-,10+,11+/m0/s1. The van der Waals surface area contributed by atoms with Crippen molar-refractivity contribution in [3.63, 3.8) is 0 Å². The molecular weight excluding hydrogens is 229 g/mol. The lowest BCUT2D eigenvalue weighted by Gasteiger charge is -2.00. The molecule has 0 spiro atoms. The molecule has 0 unspecified atom stereocenters. The lowest BCUT2D eigenvalue weighted by Crippen LogP contribution is -2.17. The molecule has 3 atom stereocenters. The summed E-state index contributed by atoms with van der Waals surface area (Å²) >= 11 is 0. The van der Waals surface area contributed by atoms with Gasteiger partial charge in [-0.25, -0.2) is 12.8 Å². The van der Waals surface area contributed by atoms with Gasteiger partial charge >= 0.3 is 0 Å². The van der Waals surface area contributed by atoms with Gasteiger partial charge in [-0.15, -0.1) is 0 Å². The zero-order valence-electron chi connectivity index (χ0n) is 8.93. The third-order valence-corrected chi connectivity index (χ3v) is 5.32. The monoisotopic (exact) mass is 243 g/mol. The minimum absolute atomic E-state index is 0.100. The van der Waals surface area contributed by atoms with E-state index in [9.17, 15) is 12.8 Å². The van der Waals surface area contributed by atoms with Gasteiger partial charge < -0.3 is 5.73 Å². The van der Waals surface area contributed by atoms with Gasteiger partial charge in [0.2, 0.25) is 0 Å². The predicted molar refractivity (Wildman–Crippen MR) is 60.4 cm³/mol. The topological polar surface area (TPSA) is 60.2 Å². The second-order valence-electron chi connectivity index (χ2n) is 4.07. The van der Waals surface area contributed by atoms with Crippen LogP contribution in [0.15, 0.2) is 24.3 Å². The first-order chi connectivity index (χ1) is 7.47. The minimum atomic E-state index is -3.10. The maximum Gasteiger partial charge on any atom is 0.155 e. The molecule has 0 heterocycles. The van der Waals surface area contributed by atoms with E-state index < -0.39 is 15.1 Å². The molecule has 1 aromatic rings. The van der Waals surface area contributed by atoms with Crippen molar-refractivity contribution in [3.05, 3.63) is 35.6 Å². The molecule has 1 aromatic carbocycles. The Morgan fingerprint density at radius 2 is 1.88 bits per heavy atom. The van der Waals surface area contributed by atoms with Crippen LogP contribution in [0, 0.1) is 5.82 Å². The summed E-state index contributed by atoms with van der Waals surface area (Å²) in [6.07, 6.45) is 0. The van der Waals surface area contributed by atoms with E-state index in [4.69, 9.17) is 5.73 Å². The molecule has 1 saturated carbocycles. The Kier molecular flexibility index (Phi) is 2.75. The molecule has 0 saturated heterocycles. The van der Waals surface area contributed by atoms with Crippen molar-refractivity contribution in [3.8, 4) is 0 Å². The average molecular weight is 243 g/mol. The summed E-state index contributed by atoms with van der Waals surface area (Å²) in [5.41, 5.74) is 6.57. The summed E-state index contributed by atoms with van der Waals surface area (Å²) < 4.78 is 36.1. The molecule has 5 heteroatoms. The molecule has 0 amide bonds. The van der Waals surface area contributed by atoms with Crippen molar-refractivity contribution < 1.29 is 12.8 Å². The van der Waals surface area contributed by atoms with Gasteiger partial charge in [-0.05, 0) is 17.7 Å². The number of halogens is 1. The highest BCUT2D eigenvalue weighted by molar-refractivity contribution is 7.92. The van der Waals surface area contributed by atoms with E-state index in [1.807, 2.05) is 0 Å². The van der Waals surface area contributed by atoms with E-state index in [1.165, 1.54) is 12.1 Å². The molecule has 1 aliphatic rings. The van der Waals surface area contributed by atoms with E-state index in [0.29, 0.717) is 0 Å². The second kappa shape index (κ2) is 3.82. The van der Waals surface area contributed by atoms with Gasteiger partial charge in [0.05, 0.1) is 5.25 Å². The Hall–Kier alpha value is -0.940. The van der Waals surface area contributed by atoms with Crippen LogP contribution >= 0.6 is 0 Å². The van der Waals surface area contributed by atoms with Crippen LogP contribution < -0.4 is 5.73 Å². The molecule has 0 aromatic heterocycles. The summed E-state index contributed by atoms with van der Waals surface area (Å²) in [7, 11) is -3.10. The maximum atomic E-state index is 12.7. The van der Waals surface area contributed by atoms with Crippen molar-refractivity contribution in [2.75, 3.05) is 5.75 Å². The summed E-state index contributed by atoms with van der Waals surface area (Å²) in [6, 6.07) is 5.51. The summed E-state index contributed by atoms with van der Waals surface area (Å²) in [5.74, 6) is -0.401. The van der Waals surface area contributed by atoms with Crippen LogP contribution in [-0.2, 0) is 9.84 Å². The fourth-order valence-corrected chi connectivity index (χ4v) is 3.79. The zero-order valence-corrected chi connectivity index (χ0v) is 9.75. The summed E-state index contributed by atoms with van der Waals surface area (Å²) in [4.78, 5) is 0. The lowest BCUT2D eigenvalue weighted by molar-refractivity contribution is 0.594. The number of hydrogen-bond acceptors (Lipinski definition) is 3. The molecular formula is C11H14FNO2S. The van der Waals surface area contributed by atoms with Crippen molar-refractivity contribution in [2.45, 2.75) is 24.1 Å². The van der Waals surface area contributed by atoms with Crippen LogP contribution in [0.2, 0.25) is 0 Å². The maximum absolute atomic E-state index is 12.7. The van der Waals surface area contributed by atoms with E-state index in [-0.39, 0.29) is 23.5 Å². The van der Waals surface area contributed by atoms with Crippen LogP contribution in [0.25, 0.3) is 0 Å².